The Balaban J connectivity index is 3.39. The van der Waals surface area contributed by atoms with Gasteiger partial charge in [-0.25, -0.2) is 0 Å². The molecule has 0 radical (unpaired) electrons. The van der Waals surface area contributed by atoms with Crippen molar-refractivity contribution in [3.63, 3.8) is 0 Å². The number of hydrogen-bond donors (Lipinski definition) is 2. The predicted molar refractivity (Wildman–Crippen MR) is 50.6 cm³/mol. The summed E-state index contributed by atoms with van der Waals surface area (Å²) in [6.45, 7) is 3.06. The topological polar surface area (TPSA) is 41.5 Å². The van der Waals surface area contributed by atoms with Crippen molar-refractivity contribution in [2.24, 2.45) is 0 Å². The van der Waals surface area contributed by atoms with Gasteiger partial charge in [0.05, 0.1) is 12.3 Å². The number of halogens is 1. The van der Waals surface area contributed by atoms with Crippen LogP contribution in [0.5, 0.6) is 0 Å². The first-order valence-corrected chi connectivity index (χ1v) is 4.60. The van der Waals surface area contributed by atoms with Gasteiger partial charge in [-0.05, 0) is 19.9 Å². The molecule has 3 nitrogen and oxygen atoms in total. The highest BCUT2D eigenvalue weighted by Crippen LogP contribution is 2.07. The summed E-state index contributed by atoms with van der Waals surface area (Å²) >= 11 is 0. The Morgan fingerprint density at radius 3 is 2.77 bits per heavy atom. The molecule has 0 fully saturated rings. The van der Waals surface area contributed by atoms with Gasteiger partial charge in [0.1, 0.15) is 0 Å². The van der Waals surface area contributed by atoms with Crippen LogP contribution < -0.4 is 5.32 Å². The van der Waals surface area contributed by atoms with Gasteiger partial charge < -0.3 is 15.2 Å². The number of nitrogens with one attached hydrogen (secondary N) is 1. The molecule has 0 aromatic heterocycles. The van der Waals surface area contributed by atoms with E-state index in [4.69, 9.17) is 4.74 Å². The molecule has 2 N–H and O–H groups in total. The molecule has 0 rings (SSSR count). The van der Waals surface area contributed by atoms with Gasteiger partial charge in [-0.2, -0.15) is 0 Å². The van der Waals surface area contributed by atoms with E-state index in [1.54, 1.807) is 14.0 Å². The van der Waals surface area contributed by atoms with E-state index in [-0.39, 0.29) is 6.67 Å². The second-order valence-electron chi connectivity index (χ2n) is 3.46. The largest absolute Gasteiger partial charge is 0.389 e. The highest BCUT2D eigenvalue weighted by atomic mass is 19.1. The maximum absolute atomic E-state index is 11.7. The summed E-state index contributed by atoms with van der Waals surface area (Å²) in [5.74, 6) is 0. The van der Waals surface area contributed by atoms with E-state index in [0.717, 1.165) is 0 Å². The molecule has 0 heterocycles. The Bertz CT molecular complexity index is 120. The van der Waals surface area contributed by atoms with E-state index in [1.165, 1.54) is 0 Å². The van der Waals surface area contributed by atoms with Crippen LogP contribution in [-0.4, -0.2) is 44.2 Å². The lowest BCUT2D eigenvalue weighted by Gasteiger charge is -2.23. The van der Waals surface area contributed by atoms with Crippen molar-refractivity contribution in [3.05, 3.63) is 0 Å². The molecule has 0 saturated carbocycles. The Morgan fingerprint density at radius 1 is 1.54 bits per heavy atom. The van der Waals surface area contributed by atoms with Crippen molar-refractivity contribution in [1.29, 1.82) is 0 Å². The minimum atomic E-state index is -0.758. The molecule has 1 atom stereocenters. The zero-order valence-corrected chi connectivity index (χ0v) is 8.48. The second kappa shape index (κ2) is 7.24. The first-order valence-electron chi connectivity index (χ1n) is 4.60. The Kier molecular flexibility index (Phi) is 7.13. The number of rotatable bonds is 8. The van der Waals surface area contributed by atoms with Crippen molar-refractivity contribution in [3.8, 4) is 0 Å². The van der Waals surface area contributed by atoms with Crippen LogP contribution in [-0.2, 0) is 4.74 Å². The van der Waals surface area contributed by atoms with Gasteiger partial charge >= 0.3 is 0 Å². The number of alkyl halides is 1. The first kappa shape index (κ1) is 12.8. The van der Waals surface area contributed by atoms with E-state index >= 15 is 0 Å². The molecule has 80 valence electrons. The molecular formula is C9H20FNO2. The van der Waals surface area contributed by atoms with Crippen LogP contribution in [0.3, 0.4) is 0 Å². The molecule has 0 spiro atoms. The molecular weight excluding hydrogens is 173 g/mol. The molecule has 1 unspecified atom stereocenters. The Labute approximate surface area is 79.3 Å². The summed E-state index contributed by atoms with van der Waals surface area (Å²) in [4.78, 5) is 0. The van der Waals surface area contributed by atoms with Gasteiger partial charge in [-0.3, -0.25) is 4.39 Å². The van der Waals surface area contributed by atoms with Crippen LogP contribution in [0, 0.1) is 0 Å². The molecule has 4 heteroatoms. The van der Waals surface area contributed by atoms with Crippen molar-refractivity contribution in [2.75, 3.05) is 33.5 Å². The molecule has 0 amide bonds. The third kappa shape index (κ3) is 8.15. The summed E-state index contributed by atoms with van der Waals surface area (Å²) in [5.41, 5.74) is -0.758. The average Bonchev–Trinajstić information content (AvgIpc) is 2.09. The minimum absolute atomic E-state index is 0.312. The fourth-order valence-electron chi connectivity index (χ4n) is 0.960. The van der Waals surface area contributed by atoms with Gasteiger partial charge in [0, 0.05) is 26.7 Å². The lowest BCUT2D eigenvalue weighted by Crippen LogP contribution is -2.39. The highest BCUT2D eigenvalue weighted by Gasteiger charge is 2.18. The van der Waals surface area contributed by atoms with Gasteiger partial charge in [0.25, 0.3) is 0 Å². The molecule has 0 aromatic rings. The zero-order chi connectivity index (χ0) is 10.2. The lowest BCUT2D eigenvalue weighted by molar-refractivity contribution is 0.0250. The van der Waals surface area contributed by atoms with Crippen LogP contribution >= 0.6 is 0 Å². The third-order valence-corrected chi connectivity index (χ3v) is 1.84. The average molecular weight is 193 g/mol. The van der Waals surface area contributed by atoms with Crippen molar-refractivity contribution in [1.82, 2.24) is 5.32 Å². The predicted octanol–water partition coefficient (Wildman–Crippen LogP) is 0.723. The minimum Gasteiger partial charge on any atom is -0.389 e. The van der Waals surface area contributed by atoms with Crippen molar-refractivity contribution >= 4 is 0 Å². The van der Waals surface area contributed by atoms with Crippen LogP contribution in [0.4, 0.5) is 4.39 Å². The molecule has 0 saturated heterocycles. The van der Waals surface area contributed by atoms with Gasteiger partial charge in [-0.1, -0.05) is 0 Å². The SMILES string of the molecule is COCCC(C)(O)CNCCCF. The smallest absolute Gasteiger partial charge is 0.0906 e. The molecule has 0 aliphatic carbocycles. The second-order valence-corrected chi connectivity index (χ2v) is 3.46. The van der Waals surface area contributed by atoms with Crippen molar-refractivity contribution < 1.29 is 14.2 Å². The molecule has 0 bridgehead atoms. The van der Waals surface area contributed by atoms with E-state index in [0.29, 0.717) is 32.5 Å². The number of aliphatic hydroxyl groups is 1. The molecule has 0 aliphatic heterocycles. The van der Waals surface area contributed by atoms with Gasteiger partial charge in [-0.15, -0.1) is 0 Å². The molecule has 0 aliphatic rings. The number of methoxy groups -OCH3 is 1. The monoisotopic (exact) mass is 193 g/mol. The van der Waals surface area contributed by atoms with Gasteiger partial charge in [0.15, 0.2) is 0 Å². The fourth-order valence-corrected chi connectivity index (χ4v) is 0.960. The first-order chi connectivity index (χ1) is 6.12. The van der Waals surface area contributed by atoms with Crippen LogP contribution in [0.2, 0.25) is 0 Å². The summed E-state index contributed by atoms with van der Waals surface area (Å²) in [7, 11) is 1.60. The van der Waals surface area contributed by atoms with Crippen LogP contribution in [0.15, 0.2) is 0 Å². The number of ether oxygens (including phenoxy) is 1. The van der Waals surface area contributed by atoms with E-state index in [2.05, 4.69) is 5.32 Å². The number of hydrogen-bond acceptors (Lipinski definition) is 3. The van der Waals surface area contributed by atoms with E-state index in [9.17, 15) is 9.50 Å². The maximum Gasteiger partial charge on any atom is 0.0906 e. The highest BCUT2D eigenvalue weighted by molar-refractivity contribution is 4.74. The van der Waals surface area contributed by atoms with E-state index in [1.807, 2.05) is 0 Å². The lowest BCUT2D eigenvalue weighted by atomic mass is 10.0. The Morgan fingerprint density at radius 2 is 2.23 bits per heavy atom. The van der Waals surface area contributed by atoms with Gasteiger partial charge in [0.2, 0.25) is 0 Å². The third-order valence-electron chi connectivity index (χ3n) is 1.84. The fraction of sp³-hybridized carbons (Fsp3) is 1.00. The maximum atomic E-state index is 11.7. The standard InChI is InChI=1S/C9H20FNO2/c1-9(12,4-7-13-2)8-11-6-3-5-10/h11-12H,3-8H2,1-2H3. The van der Waals surface area contributed by atoms with Crippen molar-refractivity contribution in [2.45, 2.75) is 25.4 Å². The molecule has 13 heavy (non-hydrogen) atoms. The summed E-state index contributed by atoms with van der Waals surface area (Å²) in [6.07, 6.45) is 1.09. The van der Waals surface area contributed by atoms with Crippen LogP contribution in [0.25, 0.3) is 0 Å². The summed E-state index contributed by atoms with van der Waals surface area (Å²) < 4.78 is 16.6. The normalized spacial score (nSPS) is 15.7. The summed E-state index contributed by atoms with van der Waals surface area (Å²) in [5, 5.41) is 12.7. The van der Waals surface area contributed by atoms with E-state index < -0.39 is 5.60 Å². The van der Waals surface area contributed by atoms with Crippen LogP contribution in [0.1, 0.15) is 19.8 Å². The summed E-state index contributed by atoms with van der Waals surface area (Å²) in [6, 6.07) is 0. The quantitative estimate of drug-likeness (QED) is 0.558. The molecule has 0 aromatic carbocycles. The zero-order valence-electron chi connectivity index (χ0n) is 8.48. The Hall–Kier alpha value is -0.190.